The van der Waals surface area contributed by atoms with Crippen LogP contribution in [0.1, 0.15) is 56.4 Å². The van der Waals surface area contributed by atoms with E-state index in [0.29, 0.717) is 69.1 Å². The molecular weight excluding hydrogens is 524 g/mol. The number of aryl methyl sites for hydroxylation is 1. The molecule has 0 aliphatic carbocycles. The van der Waals surface area contributed by atoms with Crippen LogP contribution in [-0.2, 0) is 6.18 Å². The highest BCUT2D eigenvalue weighted by atomic mass is 19.4. The number of aromatic nitrogens is 1. The van der Waals surface area contributed by atoms with Crippen molar-refractivity contribution in [1.82, 2.24) is 14.8 Å². The van der Waals surface area contributed by atoms with Crippen LogP contribution in [0, 0.1) is 12.7 Å². The molecule has 0 spiro atoms. The number of para-hydroxylation sites is 1. The second-order valence-corrected chi connectivity index (χ2v) is 10.3. The first kappa shape index (κ1) is 27.6. The molecule has 0 bridgehead atoms. The molecule has 2 aliphatic heterocycles. The van der Waals surface area contributed by atoms with Crippen LogP contribution >= 0.6 is 0 Å². The maximum Gasteiger partial charge on any atom is 0.416 e. The van der Waals surface area contributed by atoms with Crippen molar-refractivity contribution in [2.24, 2.45) is 0 Å². The lowest BCUT2D eigenvalue weighted by molar-refractivity contribution is -0.137. The van der Waals surface area contributed by atoms with Crippen molar-refractivity contribution in [3.8, 4) is 0 Å². The SMILES string of the molecule is Cc1ccc(C(=O)N2CCN(c3ccccc3F)CC2)c(C2CCN(C(=O)c3ccc(C(F)(F)F)cc3)CC2)n1. The fraction of sp³-hybridized carbons (Fsp3) is 0.367. The Hall–Kier alpha value is -3.95. The Labute approximate surface area is 230 Å². The number of likely N-dealkylation sites (tertiary alicyclic amines) is 1. The van der Waals surface area contributed by atoms with Gasteiger partial charge in [-0.05, 0) is 68.3 Å². The van der Waals surface area contributed by atoms with E-state index in [-0.39, 0.29) is 29.1 Å². The third-order valence-electron chi connectivity index (χ3n) is 7.68. The van der Waals surface area contributed by atoms with Gasteiger partial charge in [0.1, 0.15) is 5.82 Å². The number of carbonyl (C=O) groups excluding carboxylic acids is 2. The molecule has 2 amide bonds. The molecule has 0 saturated carbocycles. The van der Waals surface area contributed by atoms with E-state index >= 15 is 0 Å². The number of halogens is 4. The average Bonchev–Trinajstić information content (AvgIpc) is 2.96. The van der Waals surface area contributed by atoms with Crippen molar-refractivity contribution in [2.75, 3.05) is 44.2 Å². The summed E-state index contributed by atoms with van der Waals surface area (Å²) >= 11 is 0. The molecule has 2 fully saturated rings. The van der Waals surface area contributed by atoms with Gasteiger partial charge in [-0.15, -0.1) is 0 Å². The molecule has 2 saturated heterocycles. The molecule has 5 rings (SSSR count). The van der Waals surface area contributed by atoms with Crippen molar-refractivity contribution >= 4 is 17.5 Å². The van der Waals surface area contributed by atoms with Crippen molar-refractivity contribution in [3.05, 3.63) is 94.6 Å². The van der Waals surface area contributed by atoms with E-state index in [9.17, 15) is 27.2 Å². The number of rotatable bonds is 4. The summed E-state index contributed by atoms with van der Waals surface area (Å²) in [6.07, 6.45) is -3.28. The van der Waals surface area contributed by atoms with E-state index in [1.54, 1.807) is 28.0 Å². The second-order valence-electron chi connectivity index (χ2n) is 10.3. The largest absolute Gasteiger partial charge is 0.416 e. The van der Waals surface area contributed by atoms with Crippen molar-refractivity contribution in [2.45, 2.75) is 31.9 Å². The summed E-state index contributed by atoms with van der Waals surface area (Å²) in [7, 11) is 0. The van der Waals surface area contributed by atoms with Crippen molar-refractivity contribution in [3.63, 3.8) is 0 Å². The minimum Gasteiger partial charge on any atom is -0.366 e. The number of alkyl halides is 3. The minimum atomic E-state index is -4.46. The number of nitrogens with zero attached hydrogens (tertiary/aromatic N) is 4. The van der Waals surface area contributed by atoms with E-state index in [0.717, 1.165) is 17.8 Å². The van der Waals surface area contributed by atoms with Crippen LogP contribution in [0.2, 0.25) is 0 Å². The third-order valence-corrected chi connectivity index (χ3v) is 7.68. The van der Waals surface area contributed by atoms with Gasteiger partial charge in [-0.25, -0.2) is 4.39 Å². The molecule has 2 aromatic carbocycles. The molecule has 0 radical (unpaired) electrons. The molecule has 210 valence electrons. The molecule has 2 aliphatic rings. The van der Waals surface area contributed by atoms with Gasteiger partial charge < -0.3 is 14.7 Å². The number of piperidine rings is 1. The average molecular weight is 555 g/mol. The number of hydrogen-bond acceptors (Lipinski definition) is 4. The Bertz CT molecular complexity index is 1380. The van der Waals surface area contributed by atoms with Gasteiger partial charge in [-0.1, -0.05) is 12.1 Å². The van der Waals surface area contributed by atoms with E-state index in [1.807, 2.05) is 24.0 Å². The van der Waals surface area contributed by atoms with E-state index < -0.39 is 11.7 Å². The summed E-state index contributed by atoms with van der Waals surface area (Å²) < 4.78 is 52.9. The zero-order valence-electron chi connectivity index (χ0n) is 22.1. The van der Waals surface area contributed by atoms with E-state index in [1.165, 1.54) is 18.2 Å². The molecule has 6 nitrogen and oxygen atoms in total. The lowest BCUT2D eigenvalue weighted by Gasteiger charge is -2.37. The third kappa shape index (κ3) is 5.80. The number of anilines is 1. The Morgan fingerprint density at radius 3 is 2.05 bits per heavy atom. The Morgan fingerprint density at radius 2 is 1.43 bits per heavy atom. The molecule has 3 heterocycles. The summed E-state index contributed by atoms with van der Waals surface area (Å²) in [6, 6.07) is 14.5. The Balaban J connectivity index is 1.24. The lowest BCUT2D eigenvalue weighted by Crippen LogP contribution is -2.49. The first-order valence-corrected chi connectivity index (χ1v) is 13.3. The van der Waals surface area contributed by atoms with Crippen LogP contribution in [0.25, 0.3) is 0 Å². The van der Waals surface area contributed by atoms with Gasteiger partial charge >= 0.3 is 6.18 Å². The normalized spacial score (nSPS) is 16.8. The highest BCUT2D eigenvalue weighted by molar-refractivity contribution is 5.96. The van der Waals surface area contributed by atoms with Gasteiger partial charge in [0.15, 0.2) is 0 Å². The van der Waals surface area contributed by atoms with Gasteiger partial charge in [0.25, 0.3) is 11.8 Å². The van der Waals surface area contributed by atoms with Crippen LogP contribution in [0.15, 0.2) is 60.7 Å². The molecular formula is C30H30F4N4O2. The number of benzene rings is 2. The first-order chi connectivity index (χ1) is 19.1. The van der Waals surface area contributed by atoms with Gasteiger partial charge in [0, 0.05) is 56.4 Å². The topological polar surface area (TPSA) is 56.8 Å². The number of carbonyl (C=O) groups is 2. The van der Waals surface area contributed by atoms with Crippen LogP contribution < -0.4 is 4.90 Å². The number of amides is 2. The van der Waals surface area contributed by atoms with Gasteiger partial charge in [-0.2, -0.15) is 13.2 Å². The summed E-state index contributed by atoms with van der Waals surface area (Å²) in [4.78, 5) is 36.6. The first-order valence-electron chi connectivity index (χ1n) is 13.3. The zero-order valence-corrected chi connectivity index (χ0v) is 22.1. The highest BCUT2D eigenvalue weighted by Gasteiger charge is 2.33. The van der Waals surface area contributed by atoms with Crippen molar-refractivity contribution < 1.29 is 27.2 Å². The number of piperazine rings is 1. The molecule has 0 unspecified atom stereocenters. The molecule has 10 heteroatoms. The van der Waals surface area contributed by atoms with E-state index in [2.05, 4.69) is 0 Å². The zero-order chi connectivity index (χ0) is 28.4. The van der Waals surface area contributed by atoms with Crippen LogP contribution in [-0.4, -0.2) is 65.9 Å². The van der Waals surface area contributed by atoms with Gasteiger partial charge in [0.2, 0.25) is 0 Å². The van der Waals surface area contributed by atoms with Crippen molar-refractivity contribution in [1.29, 1.82) is 0 Å². The quantitative estimate of drug-likeness (QED) is 0.398. The monoisotopic (exact) mass is 554 g/mol. The van der Waals surface area contributed by atoms with Crippen LogP contribution in [0.5, 0.6) is 0 Å². The number of hydrogen-bond donors (Lipinski definition) is 0. The van der Waals surface area contributed by atoms with Gasteiger partial charge in [-0.3, -0.25) is 14.6 Å². The fourth-order valence-electron chi connectivity index (χ4n) is 5.44. The Morgan fingerprint density at radius 1 is 0.800 bits per heavy atom. The standard InChI is InChI=1S/C30H30F4N4O2/c1-20-6-11-24(29(40)38-18-16-36(17-19-38)26-5-3-2-4-25(26)31)27(35-20)21-12-14-37(15-13-21)28(39)22-7-9-23(10-8-22)30(32,33)34/h2-11,21H,12-19H2,1H3. The molecule has 1 aromatic heterocycles. The lowest BCUT2D eigenvalue weighted by atomic mass is 9.89. The van der Waals surface area contributed by atoms with Gasteiger partial charge in [0.05, 0.1) is 22.5 Å². The maximum atomic E-state index is 14.2. The second kappa shape index (κ2) is 11.3. The summed E-state index contributed by atoms with van der Waals surface area (Å²) in [5.74, 6) is -0.738. The molecule has 40 heavy (non-hydrogen) atoms. The fourth-order valence-corrected chi connectivity index (χ4v) is 5.44. The summed E-state index contributed by atoms with van der Waals surface area (Å²) in [5.41, 5.74) is 1.99. The molecule has 0 atom stereocenters. The molecule has 3 aromatic rings. The van der Waals surface area contributed by atoms with Crippen LogP contribution in [0.4, 0.5) is 23.2 Å². The predicted octanol–water partition coefficient (Wildman–Crippen LogP) is 5.53. The Kier molecular flexibility index (Phi) is 7.78. The van der Waals surface area contributed by atoms with E-state index in [4.69, 9.17) is 4.98 Å². The minimum absolute atomic E-state index is 0.0322. The highest BCUT2D eigenvalue weighted by Crippen LogP contribution is 2.32. The van der Waals surface area contributed by atoms with Crippen LogP contribution in [0.3, 0.4) is 0 Å². The number of pyridine rings is 1. The molecule has 0 N–H and O–H groups in total. The smallest absolute Gasteiger partial charge is 0.366 e. The summed E-state index contributed by atoms with van der Waals surface area (Å²) in [6.45, 7) is 4.65. The predicted molar refractivity (Wildman–Crippen MR) is 143 cm³/mol. The summed E-state index contributed by atoms with van der Waals surface area (Å²) in [5, 5.41) is 0. The maximum absolute atomic E-state index is 14.2.